The number of amides is 2. The first-order valence-electron chi connectivity index (χ1n) is 8.24. The Morgan fingerprint density at radius 1 is 1.31 bits per heavy atom. The summed E-state index contributed by atoms with van der Waals surface area (Å²) < 4.78 is 5.16. The van der Waals surface area contributed by atoms with Crippen molar-refractivity contribution in [2.24, 2.45) is 0 Å². The Balaban J connectivity index is 1.41. The molecule has 0 unspecified atom stereocenters. The van der Waals surface area contributed by atoms with Crippen LogP contribution in [0.3, 0.4) is 0 Å². The molecule has 0 atom stereocenters. The first kappa shape index (κ1) is 17.9. The summed E-state index contributed by atoms with van der Waals surface area (Å²) in [5.41, 5.74) is 0.721. The summed E-state index contributed by atoms with van der Waals surface area (Å²) in [5.74, 6) is 1.52. The van der Waals surface area contributed by atoms with E-state index in [1.165, 1.54) is 11.3 Å². The van der Waals surface area contributed by atoms with Crippen molar-refractivity contribution in [1.29, 1.82) is 0 Å². The smallest absolute Gasteiger partial charge is 0.321 e. The molecule has 0 bridgehead atoms. The molecule has 9 nitrogen and oxygen atoms in total. The molecule has 10 heteroatoms. The van der Waals surface area contributed by atoms with Crippen LogP contribution in [0.25, 0.3) is 10.7 Å². The molecule has 0 spiro atoms. The molecule has 3 aromatic heterocycles. The molecule has 26 heavy (non-hydrogen) atoms. The Labute approximate surface area is 154 Å². The van der Waals surface area contributed by atoms with Gasteiger partial charge in [0.25, 0.3) is 0 Å². The van der Waals surface area contributed by atoms with Gasteiger partial charge in [0, 0.05) is 25.1 Å². The minimum Gasteiger partial charge on any atom is -0.339 e. The van der Waals surface area contributed by atoms with E-state index in [4.69, 9.17) is 4.52 Å². The lowest BCUT2D eigenvalue weighted by Crippen LogP contribution is -2.29. The van der Waals surface area contributed by atoms with Crippen molar-refractivity contribution in [2.75, 3.05) is 11.9 Å². The number of hydrogen-bond donors (Lipinski definition) is 2. The molecular weight excluding hydrogens is 354 g/mol. The number of carbonyl (C=O) groups excluding carboxylic acids is 1. The maximum absolute atomic E-state index is 11.9. The number of hydrogen-bond acceptors (Lipinski definition) is 8. The molecule has 3 heterocycles. The Morgan fingerprint density at radius 2 is 2.19 bits per heavy atom. The van der Waals surface area contributed by atoms with Crippen molar-refractivity contribution in [1.82, 2.24) is 30.6 Å². The Morgan fingerprint density at radius 3 is 2.92 bits per heavy atom. The van der Waals surface area contributed by atoms with Gasteiger partial charge in [0.15, 0.2) is 10.8 Å². The van der Waals surface area contributed by atoms with E-state index in [0.717, 1.165) is 5.69 Å². The summed E-state index contributed by atoms with van der Waals surface area (Å²) in [4.78, 5) is 20.4. The number of nitrogens with one attached hydrogen (secondary N) is 2. The molecule has 0 aliphatic carbocycles. The maximum atomic E-state index is 11.9. The predicted octanol–water partition coefficient (Wildman–Crippen LogP) is 2.86. The van der Waals surface area contributed by atoms with Crippen molar-refractivity contribution in [3.8, 4) is 10.7 Å². The van der Waals surface area contributed by atoms with E-state index in [9.17, 15) is 4.79 Å². The van der Waals surface area contributed by atoms with Gasteiger partial charge in [-0.05, 0) is 18.6 Å². The molecule has 136 valence electrons. The maximum Gasteiger partial charge on any atom is 0.321 e. The minimum atomic E-state index is -0.331. The van der Waals surface area contributed by atoms with Gasteiger partial charge < -0.3 is 9.84 Å². The topological polar surface area (TPSA) is 119 Å². The lowest BCUT2D eigenvalue weighted by atomic mass is 10.2. The number of rotatable bonds is 7. The van der Waals surface area contributed by atoms with Crippen LogP contribution in [0.2, 0.25) is 0 Å². The standard InChI is InChI=1S/C16H19N7O2S/c1-10(2)13-19-12(25-23-13)7-5-9-18-15(24)20-16-22-21-14(26-16)11-6-3-4-8-17-11/h3-4,6,8,10H,5,7,9H2,1-2H3,(H2,18,20,22,24). The largest absolute Gasteiger partial charge is 0.339 e. The third kappa shape index (κ3) is 4.82. The van der Waals surface area contributed by atoms with E-state index >= 15 is 0 Å². The van der Waals surface area contributed by atoms with Crippen LogP contribution >= 0.6 is 11.3 Å². The fourth-order valence-corrected chi connectivity index (χ4v) is 2.77. The van der Waals surface area contributed by atoms with E-state index < -0.39 is 0 Å². The van der Waals surface area contributed by atoms with Gasteiger partial charge in [0.05, 0.1) is 0 Å². The first-order valence-corrected chi connectivity index (χ1v) is 9.05. The van der Waals surface area contributed by atoms with Crippen LogP contribution in [0.5, 0.6) is 0 Å². The SMILES string of the molecule is CC(C)c1noc(CCCNC(=O)Nc2nnc(-c3ccccn3)s2)n1. The van der Waals surface area contributed by atoms with Crippen LogP contribution in [-0.2, 0) is 6.42 Å². The van der Waals surface area contributed by atoms with Crippen LogP contribution in [0.1, 0.15) is 37.9 Å². The van der Waals surface area contributed by atoms with Crippen molar-refractivity contribution in [2.45, 2.75) is 32.6 Å². The van der Waals surface area contributed by atoms with E-state index in [2.05, 4.69) is 36.0 Å². The quantitative estimate of drug-likeness (QED) is 0.611. The number of anilines is 1. The number of aromatic nitrogens is 5. The third-order valence-electron chi connectivity index (χ3n) is 3.38. The van der Waals surface area contributed by atoms with Gasteiger partial charge in [-0.1, -0.05) is 36.4 Å². The van der Waals surface area contributed by atoms with Gasteiger partial charge in [-0.2, -0.15) is 4.98 Å². The molecular formula is C16H19N7O2S. The molecule has 3 rings (SSSR count). The summed E-state index contributed by atoms with van der Waals surface area (Å²) >= 11 is 1.27. The van der Waals surface area contributed by atoms with Crippen LogP contribution in [0.15, 0.2) is 28.9 Å². The molecule has 0 saturated carbocycles. The van der Waals surface area contributed by atoms with Crippen LogP contribution in [-0.4, -0.2) is 37.9 Å². The zero-order chi connectivity index (χ0) is 18.4. The summed E-state index contributed by atoms with van der Waals surface area (Å²) in [7, 11) is 0. The highest BCUT2D eigenvalue weighted by Gasteiger charge is 2.11. The third-order valence-corrected chi connectivity index (χ3v) is 4.24. The highest BCUT2D eigenvalue weighted by molar-refractivity contribution is 7.18. The monoisotopic (exact) mass is 373 g/mol. The van der Waals surface area contributed by atoms with Gasteiger partial charge in [-0.25, -0.2) is 4.79 Å². The van der Waals surface area contributed by atoms with Gasteiger partial charge in [0.1, 0.15) is 5.69 Å². The second-order valence-electron chi connectivity index (χ2n) is 5.81. The summed E-state index contributed by atoms with van der Waals surface area (Å²) in [6.45, 7) is 4.50. The second kappa shape index (κ2) is 8.48. The summed E-state index contributed by atoms with van der Waals surface area (Å²) in [5, 5.41) is 18.4. The lowest BCUT2D eigenvalue weighted by Gasteiger charge is -2.03. The van der Waals surface area contributed by atoms with Crippen molar-refractivity contribution in [3.63, 3.8) is 0 Å². The number of nitrogens with zero attached hydrogens (tertiary/aromatic N) is 5. The van der Waals surface area contributed by atoms with Crippen LogP contribution in [0, 0.1) is 0 Å². The number of carbonyl (C=O) groups is 1. The van der Waals surface area contributed by atoms with Gasteiger partial charge in [-0.15, -0.1) is 10.2 Å². The average Bonchev–Trinajstić information content (AvgIpc) is 3.29. The number of aryl methyl sites for hydroxylation is 1. The average molecular weight is 373 g/mol. The Hall–Kier alpha value is -2.88. The number of pyridine rings is 1. The molecule has 0 saturated heterocycles. The molecule has 3 aromatic rings. The van der Waals surface area contributed by atoms with Gasteiger partial charge >= 0.3 is 6.03 Å². The van der Waals surface area contributed by atoms with Crippen molar-refractivity contribution in [3.05, 3.63) is 36.1 Å². The number of urea groups is 1. The van der Waals surface area contributed by atoms with Crippen LogP contribution < -0.4 is 10.6 Å². The molecule has 0 aromatic carbocycles. The van der Waals surface area contributed by atoms with Gasteiger partial charge in [-0.3, -0.25) is 10.3 Å². The summed E-state index contributed by atoms with van der Waals surface area (Å²) in [6, 6.07) is 5.21. The highest BCUT2D eigenvalue weighted by Crippen LogP contribution is 2.24. The van der Waals surface area contributed by atoms with Crippen molar-refractivity contribution < 1.29 is 9.32 Å². The molecule has 0 radical (unpaired) electrons. The molecule has 0 aliphatic rings. The molecule has 2 amide bonds. The molecule has 2 N–H and O–H groups in total. The van der Waals surface area contributed by atoms with Crippen LogP contribution in [0.4, 0.5) is 9.93 Å². The van der Waals surface area contributed by atoms with E-state index in [0.29, 0.717) is 41.2 Å². The van der Waals surface area contributed by atoms with E-state index in [1.807, 2.05) is 32.0 Å². The highest BCUT2D eigenvalue weighted by atomic mass is 32.1. The lowest BCUT2D eigenvalue weighted by molar-refractivity contribution is 0.251. The summed E-state index contributed by atoms with van der Waals surface area (Å²) in [6.07, 6.45) is 3.00. The fourth-order valence-electron chi connectivity index (χ4n) is 2.05. The molecule has 0 aliphatic heterocycles. The normalized spacial score (nSPS) is 10.9. The minimum absolute atomic E-state index is 0.235. The Bertz CT molecular complexity index is 847. The Kier molecular flexibility index (Phi) is 5.84. The zero-order valence-electron chi connectivity index (χ0n) is 14.5. The first-order chi connectivity index (χ1) is 12.6. The van der Waals surface area contributed by atoms with E-state index in [-0.39, 0.29) is 11.9 Å². The van der Waals surface area contributed by atoms with E-state index in [1.54, 1.807) is 6.20 Å². The van der Waals surface area contributed by atoms with Crippen molar-refractivity contribution >= 4 is 22.5 Å². The molecule has 0 fully saturated rings. The fraction of sp³-hybridized carbons (Fsp3) is 0.375. The predicted molar refractivity (Wildman–Crippen MR) is 96.9 cm³/mol. The zero-order valence-corrected chi connectivity index (χ0v) is 15.3. The second-order valence-corrected chi connectivity index (χ2v) is 6.79. The van der Waals surface area contributed by atoms with Gasteiger partial charge in [0.2, 0.25) is 11.0 Å².